The number of rotatable bonds is 11. The lowest BCUT2D eigenvalue weighted by Crippen LogP contribution is -2.08. The molecule has 0 fully saturated rings. The number of nitrogens with zero attached hydrogens (tertiary/aromatic N) is 1. The van der Waals surface area contributed by atoms with E-state index in [1.165, 1.54) is 20.5 Å². The lowest BCUT2D eigenvalue weighted by atomic mass is 10.0. The number of hydrogen-bond acceptors (Lipinski definition) is 7. The van der Waals surface area contributed by atoms with Crippen LogP contribution in [0.4, 0.5) is 0 Å². The number of carbonyl (C=O) groups is 1. The van der Waals surface area contributed by atoms with Crippen LogP contribution in [0, 0.1) is 0 Å². The molecular weight excluding hydrogens is 386 g/mol. The van der Waals surface area contributed by atoms with Gasteiger partial charge in [-0.3, -0.25) is 0 Å². The largest absolute Gasteiger partial charge is 0.503 e. The first-order chi connectivity index (χ1) is 14.6. The molecule has 0 saturated carbocycles. The van der Waals surface area contributed by atoms with Crippen molar-refractivity contribution in [1.82, 2.24) is 0 Å². The van der Waals surface area contributed by atoms with Gasteiger partial charge in [-0.2, -0.15) is 0 Å². The zero-order chi connectivity index (χ0) is 21.8. The van der Waals surface area contributed by atoms with Crippen molar-refractivity contribution in [2.24, 2.45) is 5.16 Å². The minimum Gasteiger partial charge on any atom is -0.503 e. The fourth-order valence-electron chi connectivity index (χ4n) is 2.64. The van der Waals surface area contributed by atoms with E-state index in [0.29, 0.717) is 29.2 Å². The normalized spacial score (nSPS) is 11.3. The summed E-state index contributed by atoms with van der Waals surface area (Å²) in [4.78, 5) is 17.3. The predicted molar refractivity (Wildman–Crippen MR) is 115 cm³/mol. The molecule has 7 heteroatoms. The molecule has 2 aromatic rings. The molecule has 2 aromatic carbocycles. The third kappa shape index (κ3) is 6.27. The molecule has 0 atom stereocenters. The van der Waals surface area contributed by atoms with Crippen LogP contribution in [-0.4, -0.2) is 40.1 Å². The van der Waals surface area contributed by atoms with Gasteiger partial charge < -0.3 is 23.8 Å². The van der Waals surface area contributed by atoms with E-state index in [2.05, 4.69) is 5.16 Å². The summed E-state index contributed by atoms with van der Waals surface area (Å²) in [5, 5.41) is 3.94. The summed E-state index contributed by atoms with van der Waals surface area (Å²) in [6, 6.07) is 12.9. The Bertz CT molecular complexity index is 891. The van der Waals surface area contributed by atoms with Gasteiger partial charge in [0.05, 0.1) is 33.8 Å². The molecule has 0 aliphatic carbocycles. The average Bonchev–Trinajstić information content (AvgIpc) is 2.78. The van der Waals surface area contributed by atoms with E-state index in [1.807, 2.05) is 43.3 Å². The van der Waals surface area contributed by atoms with Crippen LogP contribution in [0.5, 0.6) is 11.5 Å². The van der Waals surface area contributed by atoms with E-state index in [0.717, 1.165) is 17.5 Å². The molecule has 0 saturated heterocycles. The van der Waals surface area contributed by atoms with Crippen molar-refractivity contribution in [1.29, 1.82) is 0 Å². The Kier molecular flexibility index (Phi) is 9.24. The van der Waals surface area contributed by atoms with Crippen molar-refractivity contribution < 1.29 is 28.6 Å². The molecular formula is C23H27NO6. The second kappa shape index (κ2) is 12.2. The first-order valence-electron chi connectivity index (χ1n) is 9.50. The van der Waals surface area contributed by atoms with Gasteiger partial charge in [-0.25, -0.2) is 4.79 Å². The van der Waals surface area contributed by atoms with E-state index in [1.54, 1.807) is 19.4 Å². The molecule has 0 N–H and O–H groups in total. The molecule has 160 valence electrons. The van der Waals surface area contributed by atoms with Crippen LogP contribution in [0.25, 0.3) is 5.57 Å². The molecule has 0 aliphatic heterocycles. The van der Waals surface area contributed by atoms with Crippen LogP contribution in [0.3, 0.4) is 0 Å². The fourth-order valence-corrected chi connectivity index (χ4v) is 2.64. The highest BCUT2D eigenvalue weighted by Gasteiger charge is 2.17. The number of carbonyl (C=O) groups excluding carboxylic acids is 1. The zero-order valence-corrected chi connectivity index (χ0v) is 17.7. The number of hydrogen-bond donors (Lipinski definition) is 0. The molecule has 0 bridgehead atoms. The Morgan fingerprint density at radius 3 is 2.57 bits per heavy atom. The smallest absolute Gasteiger partial charge is 0.341 e. The Morgan fingerprint density at radius 2 is 1.87 bits per heavy atom. The van der Waals surface area contributed by atoms with Gasteiger partial charge in [0.1, 0.15) is 18.8 Å². The molecule has 0 aliphatic rings. The first kappa shape index (κ1) is 22.8. The van der Waals surface area contributed by atoms with Crippen LogP contribution >= 0.6 is 0 Å². The predicted octanol–water partition coefficient (Wildman–Crippen LogP) is 4.20. The van der Waals surface area contributed by atoms with Crippen molar-refractivity contribution >= 4 is 17.8 Å². The maximum absolute atomic E-state index is 12.2. The van der Waals surface area contributed by atoms with E-state index < -0.39 is 5.97 Å². The van der Waals surface area contributed by atoms with Crippen molar-refractivity contribution in [2.45, 2.75) is 20.0 Å². The lowest BCUT2D eigenvalue weighted by Gasteiger charge is -2.14. The van der Waals surface area contributed by atoms with Crippen molar-refractivity contribution in [3.05, 3.63) is 65.4 Å². The summed E-state index contributed by atoms with van der Waals surface area (Å²) < 4.78 is 21.3. The lowest BCUT2D eigenvalue weighted by molar-refractivity contribution is -0.133. The molecule has 0 unspecified atom stereocenters. The highest BCUT2D eigenvalue weighted by molar-refractivity contribution is 6.16. The number of ether oxygens (including phenoxy) is 4. The van der Waals surface area contributed by atoms with E-state index in [4.69, 9.17) is 23.8 Å². The Labute approximate surface area is 176 Å². The van der Waals surface area contributed by atoms with Gasteiger partial charge in [0.15, 0.2) is 11.5 Å². The molecule has 30 heavy (non-hydrogen) atoms. The SMILES string of the molecule is CCCON=Cc1ccc(OC)c(OCc2ccccc2C(=COC)C(=O)OC)c1. The van der Waals surface area contributed by atoms with Crippen molar-refractivity contribution in [3.8, 4) is 11.5 Å². The second-order valence-electron chi connectivity index (χ2n) is 6.18. The number of oxime groups is 1. The zero-order valence-electron chi connectivity index (χ0n) is 17.7. The Hall–Kier alpha value is -3.48. The van der Waals surface area contributed by atoms with Gasteiger partial charge in [0.2, 0.25) is 0 Å². The summed E-state index contributed by atoms with van der Waals surface area (Å²) in [5.74, 6) is 0.633. The molecule has 7 nitrogen and oxygen atoms in total. The highest BCUT2D eigenvalue weighted by atomic mass is 16.6. The Balaban J connectivity index is 2.26. The minimum absolute atomic E-state index is 0.206. The van der Waals surface area contributed by atoms with E-state index in [-0.39, 0.29) is 6.61 Å². The fraction of sp³-hybridized carbons (Fsp3) is 0.304. The molecule has 0 spiro atoms. The van der Waals surface area contributed by atoms with Crippen LogP contribution in [0.2, 0.25) is 0 Å². The van der Waals surface area contributed by atoms with Gasteiger partial charge in [-0.15, -0.1) is 0 Å². The standard InChI is InChI=1S/C23H27NO6/c1-5-12-30-24-14-17-10-11-21(27-3)22(13-17)29-15-18-8-6-7-9-19(18)20(16-26-2)23(25)28-4/h6-11,13-14,16H,5,12,15H2,1-4H3. The second-order valence-corrected chi connectivity index (χ2v) is 6.18. The summed E-state index contributed by atoms with van der Waals surface area (Å²) in [5.41, 5.74) is 2.57. The van der Waals surface area contributed by atoms with Gasteiger partial charge in [0.25, 0.3) is 0 Å². The maximum atomic E-state index is 12.2. The third-order valence-corrected chi connectivity index (χ3v) is 4.09. The summed E-state index contributed by atoms with van der Waals surface area (Å²) in [7, 11) is 4.38. The number of esters is 1. The van der Waals surface area contributed by atoms with Gasteiger partial charge >= 0.3 is 5.97 Å². The molecule has 0 aromatic heterocycles. The first-order valence-corrected chi connectivity index (χ1v) is 9.50. The molecule has 0 radical (unpaired) electrons. The highest BCUT2D eigenvalue weighted by Crippen LogP contribution is 2.29. The maximum Gasteiger partial charge on any atom is 0.341 e. The van der Waals surface area contributed by atoms with Gasteiger partial charge in [0, 0.05) is 5.56 Å². The topological polar surface area (TPSA) is 75.6 Å². The minimum atomic E-state index is -0.493. The van der Waals surface area contributed by atoms with Crippen LogP contribution in [0.15, 0.2) is 53.9 Å². The van der Waals surface area contributed by atoms with Gasteiger partial charge in [-0.1, -0.05) is 36.3 Å². The van der Waals surface area contributed by atoms with E-state index in [9.17, 15) is 4.79 Å². The summed E-state index contributed by atoms with van der Waals surface area (Å²) in [6.07, 6.45) is 3.87. The van der Waals surface area contributed by atoms with Crippen LogP contribution in [0.1, 0.15) is 30.0 Å². The average molecular weight is 413 g/mol. The summed E-state index contributed by atoms with van der Waals surface area (Å²) in [6.45, 7) is 2.78. The Morgan fingerprint density at radius 1 is 1.07 bits per heavy atom. The quantitative estimate of drug-likeness (QED) is 0.137. The van der Waals surface area contributed by atoms with Gasteiger partial charge in [-0.05, 0) is 35.7 Å². The molecule has 2 rings (SSSR count). The molecule has 0 heterocycles. The summed E-state index contributed by atoms with van der Waals surface area (Å²) >= 11 is 0. The monoisotopic (exact) mass is 413 g/mol. The number of methoxy groups -OCH3 is 3. The van der Waals surface area contributed by atoms with Crippen molar-refractivity contribution in [2.75, 3.05) is 27.9 Å². The van der Waals surface area contributed by atoms with Crippen molar-refractivity contribution in [3.63, 3.8) is 0 Å². The third-order valence-electron chi connectivity index (χ3n) is 4.09. The van der Waals surface area contributed by atoms with Crippen LogP contribution < -0.4 is 9.47 Å². The van der Waals surface area contributed by atoms with Crippen LogP contribution in [-0.2, 0) is 25.7 Å². The number of benzene rings is 2. The molecule has 0 amide bonds. The van der Waals surface area contributed by atoms with E-state index >= 15 is 0 Å².